The van der Waals surface area contributed by atoms with Crippen LogP contribution in [0.25, 0.3) is 10.2 Å². The molecule has 6 heteroatoms. The fraction of sp³-hybridized carbons (Fsp3) is 0.133. The van der Waals surface area contributed by atoms with Gasteiger partial charge < -0.3 is 9.84 Å². The smallest absolute Gasteiger partial charge is 0.335 e. The van der Waals surface area contributed by atoms with E-state index < -0.39 is 5.97 Å². The predicted octanol–water partition coefficient (Wildman–Crippen LogP) is 3.80. The number of hydrogen-bond acceptors (Lipinski definition) is 5. The van der Waals surface area contributed by atoms with E-state index in [1.807, 2.05) is 13.0 Å². The molecule has 0 unspecified atom stereocenters. The van der Waals surface area contributed by atoms with Crippen LogP contribution in [-0.2, 0) is 0 Å². The van der Waals surface area contributed by atoms with Crippen molar-refractivity contribution >= 4 is 27.5 Å². The van der Waals surface area contributed by atoms with Gasteiger partial charge in [0.25, 0.3) is 0 Å². The first kappa shape index (κ1) is 13.5. The van der Waals surface area contributed by atoms with Crippen LogP contribution in [0.2, 0.25) is 0 Å². The van der Waals surface area contributed by atoms with Gasteiger partial charge in [0.2, 0.25) is 5.88 Å². The van der Waals surface area contributed by atoms with Crippen LogP contribution in [0.5, 0.6) is 11.6 Å². The van der Waals surface area contributed by atoms with Crippen molar-refractivity contribution in [3.05, 3.63) is 46.6 Å². The quantitative estimate of drug-likeness (QED) is 0.796. The Hall–Kier alpha value is -2.47. The van der Waals surface area contributed by atoms with Gasteiger partial charge in [0, 0.05) is 4.88 Å². The number of rotatable bonds is 3. The van der Waals surface area contributed by atoms with Crippen molar-refractivity contribution in [1.82, 2.24) is 9.97 Å². The molecule has 2 heterocycles. The standard InChI is InChI=1S/C15H12N2O3S/c1-8-5-10(3-4-11(8)15(18)19)20-13-12-6-9(2)21-14(12)17-7-16-13/h3-7H,1-2H3,(H,18,19). The number of aryl methyl sites for hydroxylation is 2. The Kier molecular flexibility index (Phi) is 3.31. The number of aromatic nitrogens is 2. The molecule has 0 spiro atoms. The minimum absolute atomic E-state index is 0.265. The van der Waals surface area contributed by atoms with E-state index in [-0.39, 0.29) is 5.56 Å². The first-order chi connectivity index (χ1) is 10.0. The number of aromatic carboxylic acids is 1. The van der Waals surface area contributed by atoms with Crippen LogP contribution < -0.4 is 4.74 Å². The number of thiophene rings is 1. The molecule has 0 aliphatic rings. The number of hydrogen-bond donors (Lipinski definition) is 1. The highest BCUT2D eigenvalue weighted by Crippen LogP contribution is 2.32. The van der Waals surface area contributed by atoms with E-state index in [0.29, 0.717) is 17.2 Å². The highest BCUT2D eigenvalue weighted by molar-refractivity contribution is 7.18. The topological polar surface area (TPSA) is 72.3 Å². The molecule has 106 valence electrons. The fourth-order valence-electron chi connectivity index (χ4n) is 2.09. The zero-order chi connectivity index (χ0) is 15.0. The summed E-state index contributed by atoms with van der Waals surface area (Å²) < 4.78 is 5.78. The zero-order valence-electron chi connectivity index (χ0n) is 11.5. The maximum Gasteiger partial charge on any atom is 0.335 e. The predicted molar refractivity (Wildman–Crippen MR) is 80.4 cm³/mol. The third kappa shape index (κ3) is 2.57. The Morgan fingerprint density at radius 3 is 2.76 bits per heavy atom. The Morgan fingerprint density at radius 2 is 2.05 bits per heavy atom. The van der Waals surface area contributed by atoms with E-state index in [2.05, 4.69) is 9.97 Å². The molecule has 21 heavy (non-hydrogen) atoms. The molecule has 3 rings (SSSR count). The minimum Gasteiger partial charge on any atom is -0.478 e. The Labute approximate surface area is 124 Å². The maximum absolute atomic E-state index is 11.0. The zero-order valence-corrected chi connectivity index (χ0v) is 12.3. The number of ether oxygens (including phenoxy) is 1. The molecule has 5 nitrogen and oxygen atoms in total. The van der Waals surface area contributed by atoms with Crippen LogP contribution in [-0.4, -0.2) is 21.0 Å². The van der Waals surface area contributed by atoms with Gasteiger partial charge in [-0.3, -0.25) is 0 Å². The number of fused-ring (bicyclic) bond motifs is 1. The summed E-state index contributed by atoms with van der Waals surface area (Å²) in [5.74, 6) is 0.0881. The molecule has 0 radical (unpaired) electrons. The van der Waals surface area contributed by atoms with Crippen molar-refractivity contribution in [2.75, 3.05) is 0 Å². The van der Waals surface area contributed by atoms with Gasteiger partial charge in [-0.2, -0.15) is 0 Å². The molecule has 0 saturated carbocycles. The van der Waals surface area contributed by atoms with Crippen LogP contribution >= 0.6 is 11.3 Å². The highest BCUT2D eigenvalue weighted by Gasteiger charge is 2.11. The molecule has 0 saturated heterocycles. The monoisotopic (exact) mass is 300 g/mol. The summed E-state index contributed by atoms with van der Waals surface area (Å²) in [4.78, 5) is 21.4. The van der Waals surface area contributed by atoms with Crippen molar-refractivity contribution in [3.63, 3.8) is 0 Å². The molecule has 0 amide bonds. The van der Waals surface area contributed by atoms with Gasteiger partial charge in [-0.25, -0.2) is 14.8 Å². The summed E-state index contributed by atoms with van der Waals surface area (Å²) in [6.07, 6.45) is 1.46. The van der Waals surface area contributed by atoms with Gasteiger partial charge in [0.05, 0.1) is 10.9 Å². The van der Waals surface area contributed by atoms with Crippen molar-refractivity contribution in [3.8, 4) is 11.6 Å². The number of benzene rings is 1. The van der Waals surface area contributed by atoms with Crippen LogP contribution in [0.3, 0.4) is 0 Å². The molecule has 0 aliphatic heterocycles. The molecule has 0 atom stereocenters. The van der Waals surface area contributed by atoms with E-state index in [9.17, 15) is 4.79 Å². The second-order valence-electron chi connectivity index (χ2n) is 4.64. The van der Waals surface area contributed by atoms with Gasteiger partial charge >= 0.3 is 5.97 Å². The minimum atomic E-state index is -0.947. The molecule has 0 fully saturated rings. The summed E-state index contributed by atoms with van der Waals surface area (Å²) in [6.45, 7) is 3.74. The lowest BCUT2D eigenvalue weighted by molar-refractivity contribution is 0.0696. The molecular formula is C15H12N2O3S. The van der Waals surface area contributed by atoms with E-state index >= 15 is 0 Å². The normalized spacial score (nSPS) is 10.8. The number of nitrogens with zero attached hydrogens (tertiary/aromatic N) is 2. The summed E-state index contributed by atoms with van der Waals surface area (Å²) in [6, 6.07) is 6.83. The third-order valence-electron chi connectivity index (χ3n) is 3.06. The van der Waals surface area contributed by atoms with Crippen LogP contribution in [0.1, 0.15) is 20.8 Å². The third-order valence-corrected chi connectivity index (χ3v) is 4.02. The lowest BCUT2D eigenvalue weighted by atomic mass is 10.1. The summed E-state index contributed by atoms with van der Waals surface area (Å²) in [5, 5.41) is 9.89. The molecule has 3 aromatic rings. The van der Waals surface area contributed by atoms with Gasteiger partial charge in [0.1, 0.15) is 16.9 Å². The van der Waals surface area contributed by atoms with E-state index in [0.717, 1.165) is 15.1 Å². The molecule has 0 aliphatic carbocycles. The Balaban J connectivity index is 1.99. The van der Waals surface area contributed by atoms with Crippen LogP contribution in [0.15, 0.2) is 30.6 Å². The molecular weight excluding hydrogens is 288 g/mol. The number of carboxylic acids is 1. The SMILES string of the molecule is Cc1cc2c(Oc3ccc(C(=O)O)c(C)c3)ncnc2s1. The first-order valence-electron chi connectivity index (χ1n) is 6.27. The average Bonchev–Trinajstić information content (AvgIpc) is 2.80. The Morgan fingerprint density at radius 1 is 1.24 bits per heavy atom. The molecule has 1 N–H and O–H groups in total. The second kappa shape index (κ2) is 5.14. The number of carboxylic acid groups (broad SMARTS) is 1. The van der Waals surface area contributed by atoms with Crippen LogP contribution in [0.4, 0.5) is 0 Å². The molecule has 2 aromatic heterocycles. The Bertz CT molecular complexity index is 842. The number of carbonyl (C=O) groups is 1. The fourth-order valence-corrected chi connectivity index (χ4v) is 2.92. The molecule has 1 aromatic carbocycles. The van der Waals surface area contributed by atoms with E-state index in [4.69, 9.17) is 9.84 Å². The van der Waals surface area contributed by atoms with E-state index in [1.165, 1.54) is 12.4 Å². The van der Waals surface area contributed by atoms with Gasteiger partial charge in [-0.15, -0.1) is 11.3 Å². The van der Waals surface area contributed by atoms with Gasteiger partial charge in [-0.1, -0.05) is 0 Å². The van der Waals surface area contributed by atoms with E-state index in [1.54, 1.807) is 30.4 Å². The first-order valence-corrected chi connectivity index (χ1v) is 7.09. The molecule has 0 bridgehead atoms. The second-order valence-corrected chi connectivity index (χ2v) is 5.87. The maximum atomic E-state index is 11.0. The summed E-state index contributed by atoms with van der Waals surface area (Å²) in [7, 11) is 0. The summed E-state index contributed by atoms with van der Waals surface area (Å²) >= 11 is 1.58. The average molecular weight is 300 g/mol. The van der Waals surface area contributed by atoms with Crippen molar-refractivity contribution in [1.29, 1.82) is 0 Å². The largest absolute Gasteiger partial charge is 0.478 e. The lowest BCUT2D eigenvalue weighted by Gasteiger charge is -2.07. The lowest BCUT2D eigenvalue weighted by Crippen LogP contribution is -1.99. The van der Waals surface area contributed by atoms with Crippen molar-refractivity contribution in [2.45, 2.75) is 13.8 Å². The van der Waals surface area contributed by atoms with Crippen LogP contribution in [0, 0.1) is 13.8 Å². The van der Waals surface area contributed by atoms with Gasteiger partial charge in [-0.05, 0) is 43.7 Å². The van der Waals surface area contributed by atoms with Gasteiger partial charge in [0.15, 0.2) is 0 Å². The highest BCUT2D eigenvalue weighted by atomic mass is 32.1. The summed E-state index contributed by atoms with van der Waals surface area (Å²) in [5.41, 5.74) is 0.911. The van der Waals surface area contributed by atoms with Crippen molar-refractivity contribution in [2.24, 2.45) is 0 Å². The van der Waals surface area contributed by atoms with Crippen molar-refractivity contribution < 1.29 is 14.6 Å².